The van der Waals surface area contributed by atoms with Gasteiger partial charge in [0.15, 0.2) is 0 Å². The van der Waals surface area contributed by atoms with Crippen molar-refractivity contribution in [2.75, 3.05) is 7.05 Å². The Labute approximate surface area is 48.5 Å². The molecule has 0 spiro atoms. The first kappa shape index (κ1) is 6.63. The molecule has 0 radical (unpaired) electrons. The van der Waals surface area contributed by atoms with Crippen LogP contribution in [0, 0.1) is 0 Å². The summed E-state index contributed by atoms with van der Waals surface area (Å²) in [6.45, 7) is 3.52. The van der Waals surface area contributed by atoms with Gasteiger partial charge in [0.1, 0.15) is 0 Å². The number of nitrogens with one attached hydrogen (secondary N) is 1. The van der Waals surface area contributed by atoms with Crippen molar-refractivity contribution in [3.8, 4) is 0 Å². The maximum absolute atomic E-state index is 3.52. The first-order chi connectivity index (χ1) is 3.41. The van der Waals surface area contributed by atoms with E-state index in [0.29, 0.717) is 0 Å². The van der Waals surface area contributed by atoms with Gasteiger partial charge in [0, 0.05) is 13.2 Å². The summed E-state index contributed by atoms with van der Waals surface area (Å²) in [6, 6.07) is 0. The lowest BCUT2D eigenvalue weighted by Crippen LogP contribution is -1.89. The van der Waals surface area contributed by atoms with Crippen molar-refractivity contribution in [2.24, 2.45) is 0 Å². The van der Waals surface area contributed by atoms with Gasteiger partial charge in [-0.15, -0.1) is 11.8 Å². The lowest BCUT2D eigenvalue weighted by molar-refractivity contribution is 1.11. The van der Waals surface area contributed by atoms with Crippen LogP contribution in [0.3, 0.4) is 0 Å². The first-order valence-corrected chi connectivity index (χ1v) is 2.94. The molecule has 2 heteroatoms. The fourth-order valence-corrected chi connectivity index (χ4v) is 0.489. The molecule has 0 rings (SSSR count). The predicted octanol–water partition coefficient (Wildman–Crippen LogP) is 1.55. The highest BCUT2D eigenvalue weighted by Gasteiger charge is 1.61. The van der Waals surface area contributed by atoms with E-state index in [1.807, 2.05) is 18.7 Å². The maximum Gasteiger partial charge on any atom is 0.00289 e. The lowest BCUT2D eigenvalue weighted by atomic mass is 11.0. The van der Waals surface area contributed by atoms with E-state index in [0.717, 1.165) is 0 Å². The maximum atomic E-state index is 3.52. The van der Waals surface area contributed by atoms with Crippen LogP contribution in [0.4, 0.5) is 0 Å². The van der Waals surface area contributed by atoms with E-state index in [1.165, 1.54) is 0 Å². The van der Waals surface area contributed by atoms with Crippen LogP contribution < -0.4 is 5.32 Å². The second kappa shape index (κ2) is 5.63. The van der Waals surface area contributed by atoms with E-state index in [9.17, 15) is 0 Å². The second-order valence-electron chi connectivity index (χ2n) is 0.894. The molecule has 0 aliphatic heterocycles. The van der Waals surface area contributed by atoms with Crippen molar-refractivity contribution >= 4 is 11.8 Å². The first-order valence-electron chi connectivity index (χ1n) is 2.00. The van der Waals surface area contributed by atoms with E-state index >= 15 is 0 Å². The number of hydrogen-bond donors (Lipinski definition) is 1. The van der Waals surface area contributed by atoms with E-state index in [4.69, 9.17) is 0 Å². The van der Waals surface area contributed by atoms with Gasteiger partial charge in [0.05, 0.1) is 0 Å². The normalized spacial score (nSPS) is 9.29. The van der Waals surface area contributed by atoms with Gasteiger partial charge in [-0.1, -0.05) is 6.58 Å². The molecule has 0 aliphatic carbocycles. The number of thioether (sulfide) groups is 1. The van der Waals surface area contributed by atoms with Gasteiger partial charge in [-0.25, -0.2) is 0 Å². The molecule has 0 atom stereocenters. The summed E-state index contributed by atoms with van der Waals surface area (Å²) < 4.78 is 0. The van der Waals surface area contributed by atoms with E-state index in [2.05, 4.69) is 11.9 Å². The smallest absolute Gasteiger partial charge is 0.00289 e. The molecule has 0 aromatic carbocycles. The standard InChI is InChI=1S/C5H9NS/c1-3-7-5-4-6-2/h3-6H,1H2,2H3/b5-4-. The molecule has 7 heavy (non-hydrogen) atoms. The van der Waals surface area contributed by atoms with E-state index in [1.54, 1.807) is 17.2 Å². The van der Waals surface area contributed by atoms with Crippen LogP contribution in [-0.4, -0.2) is 7.05 Å². The van der Waals surface area contributed by atoms with Crippen LogP contribution in [-0.2, 0) is 0 Å². The topological polar surface area (TPSA) is 12.0 Å². The van der Waals surface area contributed by atoms with Crippen LogP contribution in [0.15, 0.2) is 23.6 Å². The van der Waals surface area contributed by atoms with Gasteiger partial charge in [-0.2, -0.15) is 0 Å². The summed E-state index contributed by atoms with van der Waals surface area (Å²) in [5.74, 6) is 0. The van der Waals surface area contributed by atoms with Crippen molar-refractivity contribution in [1.82, 2.24) is 5.32 Å². The van der Waals surface area contributed by atoms with Gasteiger partial charge in [0.25, 0.3) is 0 Å². The van der Waals surface area contributed by atoms with Crippen LogP contribution in [0.5, 0.6) is 0 Å². The highest BCUT2D eigenvalue weighted by molar-refractivity contribution is 8.04. The Kier molecular flexibility index (Phi) is 5.33. The summed E-state index contributed by atoms with van der Waals surface area (Å²) in [5, 5.41) is 6.55. The zero-order chi connectivity index (χ0) is 5.54. The van der Waals surface area contributed by atoms with E-state index < -0.39 is 0 Å². The molecular formula is C5H9NS. The molecule has 0 amide bonds. The molecule has 1 N–H and O–H groups in total. The monoisotopic (exact) mass is 115 g/mol. The minimum absolute atomic E-state index is 1.55. The third-order valence-corrected chi connectivity index (χ3v) is 0.895. The molecule has 0 aromatic heterocycles. The van der Waals surface area contributed by atoms with Crippen molar-refractivity contribution in [2.45, 2.75) is 0 Å². The van der Waals surface area contributed by atoms with E-state index in [-0.39, 0.29) is 0 Å². The SMILES string of the molecule is C=CS/C=C\NC. The molecule has 0 aromatic rings. The average Bonchev–Trinajstić information content (AvgIpc) is 1.69. The van der Waals surface area contributed by atoms with Crippen LogP contribution in [0.2, 0.25) is 0 Å². The zero-order valence-corrected chi connectivity index (χ0v) is 5.16. The number of hydrogen-bond acceptors (Lipinski definition) is 2. The molecule has 0 heterocycles. The fraction of sp³-hybridized carbons (Fsp3) is 0.200. The highest BCUT2D eigenvalue weighted by atomic mass is 32.2. The predicted molar refractivity (Wildman–Crippen MR) is 36.0 cm³/mol. The van der Waals surface area contributed by atoms with Crippen molar-refractivity contribution < 1.29 is 0 Å². The summed E-state index contributed by atoms with van der Waals surface area (Å²) in [7, 11) is 1.86. The van der Waals surface area contributed by atoms with Gasteiger partial charge >= 0.3 is 0 Å². The fourth-order valence-electron chi connectivity index (χ4n) is 0.163. The Morgan fingerprint density at radius 3 is 2.86 bits per heavy atom. The Balaban J connectivity index is 2.92. The Morgan fingerprint density at radius 2 is 2.43 bits per heavy atom. The summed E-state index contributed by atoms with van der Waals surface area (Å²) in [4.78, 5) is 0. The summed E-state index contributed by atoms with van der Waals surface area (Å²) in [6.07, 6.45) is 1.85. The van der Waals surface area contributed by atoms with Crippen molar-refractivity contribution in [3.05, 3.63) is 23.6 Å². The minimum atomic E-state index is 1.55. The van der Waals surface area contributed by atoms with Crippen molar-refractivity contribution in [1.29, 1.82) is 0 Å². The summed E-state index contributed by atoms with van der Waals surface area (Å²) in [5.41, 5.74) is 0. The largest absolute Gasteiger partial charge is 0.394 e. The lowest BCUT2D eigenvalue weighted by Gasteiger charge is -1.80. The van der Waals surface area contributed by atoms with Crippen molar-refractivity contribution in [3.63, 3.8) is 0 Å². The Morgan fingerprint density at radius 1 is 1.71 bits per heavy atom. The molecule has 0 saturated heterocycles. The zero-order valence-electron chi connectivity index (χ0n) is 4.35. The third-order valence-electron chi connectivity index (χ3n) is 0.410. The molecule has 1 nitrogen and oxygen atoms in total. The molecule has 0 aliphatic rings. The van der Waals surface area contributed by atoms with Gasteiger partial charge < -0.3 is 5.32 Å². The number of rotatable bonds is 3. The summed E-state index contributed by atoms with van der Waals surface area (Å²) >= 11 is 1.55. The highest BCUT2D eigenvalue weighted by Crippen LogP contribution is 1.98. The molecule has 0 fully saturated rings. The van der Waals surface area contributed by atoms with Crippen LogP contribution in [0.25, 0.3) is 0 Å². The molecule has 0 bridgehead atoms. The molecule has 0 saturated carbocycles. The molecule has 40 valence electrons. The Hall–Kier alpha value is -0.370. The minimum Gasteiger partial charge on any atom is -0.394 e. The third kappa shape index (κ3) is 5.63. The Bertz CT molecular complexity index is 68.5. The molecular weight excluding hydrogens is 106 g/mol. The van der Waals surface area contributed by atoms with Gasteiger partial charge in [0.2, 0.25) is 0 Å². The van der Waals surface area contributed by atoms with Crippen LogP contribution >= 0.6 is 11.8 Å². The average molecular weight is 115 g/mol. The van der Waals surface area contributed by atoms with Crippen LogP contribution in [0.1, 0.15) is 0 Å². The van der Waals surface area contributed by atoms with Gasteiger partial charge in [-0.05, 0) is 10.8 Å². The van der Waals surface area contributed by atoms with Gasteiger partial charge in [-0.3, -0.25) is 0 Å². The quantitative estimate of drug-likeness (QED) is 0.599. The second-order valence-corrected chi connectivity index (χ2v) is 1.77. The molecule has 0 unspecified atom stereocenters.